The fourth-order valence-electron chi connectivity index (χ4n) is 5.60. The summed E-state index contributed by atoms with van der Waals surface area (Å²) in [6.07, 6.45) is 10.2. The molecule has 0 aromatic carbocycles. The summed E-state index contributed by atoms with van der Waals surface area (Å²) in [7, 11) is 0. The maximum absolute atomic E-state index is 14.2. The molecule has 4 rings (SSSR count). The van der Waals surface area contributed by atoms with Crippen molar-refractivity contribution in [2.24, 2.45) is 11.3 Å². The summed E-state index contributed by atoms with van der Waals surface area (Å²) in [5.74, 6) is 5.37. The minimum Gasteiger partial charge on any atom is -0.324 e. The van der Waals surface area contributed by atoms with Crippen LogP contribution in [0.2, 0.25) is 0 Å². The summed E-state index contributed by atoms with van der Waals surface area (Å²) in [6.45, 7) is 1.26. The minimum atomic E-state index is -2.82. The second kappa shape index (κ2) is 12.2. The Hall–Kier alpha value is -2.73. The second-order valence-electron chi connectivity index (χ2n) is 10.2. The third kappa shape index (κ3) is 7.19. The van der Waals surface area contributed by atoms with E-state index in [9.17, 15) is 22.8 Å². The molecule has 0 radical (unpaired) electrons. The summed E-state index contributed by atoms with van der Waals surface area (Å²) >= 11 is 1.51. The van der Waals surface area contributed by atoms with Gasteiger partial charge in [-0.1, -0.05) is 38.0 Å². The number of alkyl halides is 2. The maximum atomic E-state index is 14.2. The van der Waals surface area contributed by atoms with Crippen LogP contribution in [0.15, 0.2) is 41.6 Å². The van der Waals surface area contributed by atoms with Crippen LogP contribution in [0.5, 0.6) is 0 Å². The first-order chi connectivity index (χ1) is 17.7. The molecule has 2 aromatic rings. The van der Waals surface area contributed by atoms with Crippen molar-refractivity contribution in [2.45, 2.75) is 81.8 Å². The van der Waals surface area contributed by atoms with Crippen LogP contribution < -0.4 is 10.9 Å². The Bertz CT molecular complexity index is 1200. The van der Waals surface area contributed by atoms with Crippen LogP contribution in [0.3, 0.4) is 0 Å². The molecule has 1 saturated carbocycles. The molecule has 1 aliphatic heterocycles. The lowest BCUT2D eigenvalue weighted by atomic mass is 9.66. The molecular formula is C28H32F3N3O2S. The molecule has 1 N–H and O–H groups in total. The Morgan fingerprint density at radius 1 is 1.24 bits per heavy atom. The van der Waals surface area contributed by atoms with Crippen LogP contribution in [0.25, 0.3) is 0 Å². The quantitative estimate of drug-likeness (QED) is 0.501. The van der Waals surface area contributed by atoms with Crippen molar-refractivity contribution in [3.63, 3.8) is 0 Å². The van der Waals surface area contributed by atoms with Gasteiger partial charge in [-0.2, -0.15) is 0 Å². The van der Waals surface area contributed by atoms with E-state index in [2.05, 4.69) is 29.1 Å². The Morgan fingerprint density at radius 2 is 1.97 bits per heavy atom. The van der Waals surface area contributed by atoms with Crippen molar-refractivity contribution >= 4 is 23.4 Å². The number of carbonyl (C=O) groups excluding carboxylic acids is 1. The molecule has 1 saturated heterocycles. The van der Waals surface area contributed by atoms with Gasteiger partial charge >= 0.3 is 0 Å². The third-order valence-electron chi connectivity index (χ3n) is 7.41. The van der Waals surface area contributed by atoms with Gasteiger partial charge in [-0.25, -0.2) is 13.2 Å². The molecule has 2 aromatic heterocycles. The number of pyridine rings is 2. The number of nitrogens with one attached hydrogen (secondary N) is 1. The van der Waals surface area contributed by atoms with Crippen molar-refractivity contribution in [2.75, 3.05) is 5.32 Å². The lowest BCUT2D eigenvalue weighted by Gasteiger charge is -2.43. The average Bonchev–Trinajstić information content (AvgIpc) is 2.86. The molecule has 1 spiro atoms. The van der Waals surface area contributed by atoms with E-state index in [1.165, 1.54) is 31.0 Å². The van der Waals surface area contributed by atoms with Crippen LogP contribution in [-0.2, 0) is 11.3 Å². The molecule has 9 heteroatoms. The number of hydrogen-bond acceptors (Lipinski definition) is 4. The van der Waals surface area contributed by atoms with Gasteiger partial charge < -0.3 is 9.88 Å². The van der Waals surface area contributed by atoms with Crippen LogP contribution in [0.1, 0.15) is 63.9 Å². The topological polar surface area (TPSA) is 64.0 Å². The molecule has 2 aliphatic rings. The zero-order valence-electron chi connectivity index (χ0n) is 20.9. The zero-order valence-corrected chi connectivity index (χ0v) is 21.7. The van der Waals surface area contributed by atoms with Gasteiger partial charge in [0.15, 0.2) is 5.82 Å². The first-order valence-corrected chi connectivity index (χ1v) is 13.7. The fourth-order valence-corrected chi connectivity index (χ4v) is 6.88. The van der Waals surface area contributed by atoms with Crippen molar-refractivity contribution in [1.82, 2.24) is 9.55 Å². The van der Waals surface area contributed by atoms with E-state index in [4.69, 9.17) is 0 Å². The Morgan fingerprint density at radius 3 is 2.68 bits per heavy atom. The van der Waals surface area contributed by atoms with E-state index in [-0.39, 0.29) is 28.2 Å². The molecule has 198 valence electrons. The van der Waals surface area contributed by atoms with E-state index < -0.39 is 29.6 Å². The second-order valence-corrected chi connectivity index (χ2v) is 11.6. The van der Waals surface area contributed by atoms with E-state index in [1.807, 2.05) is 12.1 Å². The summed E-state index contributed by atoms with van der Waals surface area (Å²) in [5, 5.41) is 2.14. The summed E-state index contributed by atoms with van der Waals surface area (Å²) in [4.78, 5) is 29.3. The van der Waals surface area contributed by atoms with Gasteiger partial charge in [0.05, 0.1) is 22.7 Å². The predicted octanol–water partition coefficient (Wildman–Crippen LogP) is 5.88. The van der Waals surface area contributed by atoms with Crippen LogP contribution in [-0.4, -0.2) is 32.4 Å². The Labute approximate surface area is 219 Å². The number of halogens is 3. The van der Waals surface area contributed by atoms with Gasteiger partial charge in [0, 0.05) is 30.2 Å². The standard InChI is InChI=1S/C28H32F3N3O2S/c1-19-16-28(10-3-2-4-11-28)12-7-24(37-23(19)6-5-20-8-13-32-14-9-20)26(35)33-21-15-22(29)27(36)34(17-21)18-25(30)31/h8-9,13-15,17,19,23-25H,2-4,7,10-12,16,18H2,1H3,(H,33,35). The number of hydrogen-bond donors (Lipinski definition) is 1. The maximum Gasteiger partial charge on any atom is 0.286 e. The highest BCUT2D eigenvalue weighted by Gasteiger charge is 2.40. The van der Waals surface area contributed by atoms with Crippen LogP contribution in [0, 0.1) is 29.0 Å². The normalized spacial score (nSPS) is 23.5. The summed E-state index contributed by atoms with van der Waals surface area (Å²) in [5.41, 5.74) is -0.108. The van der Waals surface area contributed by atoms with Crippen molar-refractivity contribution in [3.8, 4) is 11.8 Å². The van der Waals surface area contributed by atoms with Crippen molar-refractivity contribution in [3.05, 3.63) is 58.5 Å². The van der Waals surface area contributed by atoms with Crippen LogP contribution in [0.4, 0.5) is 18.9 Å². The molecule has 37 heavy (non-hydrogen) atoms. The molecule has 3 heterocycles. The number of nitrogens with zero attached hydrogens (tertiary/aromatic N) is 2. The van der Waals surface area contributed by atoms with E-state index in [0.717, 1.165) is 43.5 Å². The van der Waals surface area contributed by atoms with Crippen molar-refractivity contribution < 1.29 is 18.0 Å². The van der Waals surface area contributed by atoms with E-state index in [0.29, 0.717) is 11.0 Å². The lowest BCUT2D eigenvalue weighted by molar-refractivity contribution is -0.116. The van der Waals surface area contributed by atoms with Gasteiger partial charge in [-0.15, -0.1) is 11.8 Å². The molecule has 2 fully saturated rings. The molecule has 3 atom stereocenters. The summed E-state index contributed by atoms with van der Waals surface area (Å²) < 4.78 is 40.5. The highest BCUT2D eigenvalue weighted by molar-refractivity contribution is 8.01. The third-order valence-corrected chi connectivity index (χ3v) is 9.06. The van der Waals surface area contributed by atoms with Gasteiger partial charge in [0.1, 0.15) is 0 Å². The van der Waals surface area contributed by atoms with E-state index >= 15 is 0 Å². The average molecular weight is 532 g/mol. The molecular weight excluding hydrogens is 499 g/mol. The monoisotopic (exact) mass is 531 g/mol. The lowest BCUT2D eigenvalue weighted by Crippen LogP contribution is -2.37. The van der Waals surface area contributed by atoms with Gasteiger partial charge in [0.25, 0.3) is 12.0 Å². The smallest absolute Gasteiger partial charge is 0.286 e. The first kappa shape index (κ1) is 27.3. The highest BCUT2D eigenvalue weighted by Crippen LogP contribution is 2.49. The largest absolute Gasteiger partial charge is 0.324 e. The number of carbonyl (C=O) groups is 1. The van der Waals surface area contributed by atoms with Gasteiger partial charge in [-0.3, -0.25) is 14.6 Å². The zero-order chi connectivity index (χ0) is 26.4. The summed E-state index contributed by atoms with van der Waals surface area (Å²) in [6, 6.07) is 4.59. The minimum absolute atomic E-state index is 0.00902. The number of aromatic nitrogens is 2. The van der Waals surface area contributed by atoms with Gasteiger partial charge in [0.2, 0.25) is 5.91 Å². The van der Waals surface area contributed by atoms with Gasteiger partial charge in [-0.05, 0) is 55.6 Å². The molecule has 5 nitrogen and oxygen atoms in total. The molecule has 0 bridgehead atoms. The number of rotatable bonds is 4. The number of thioether (sulfide) groups is 1. The Balaban J connectivity index is 1.59. The van der Waals surface area contributed by atoms with Crippen molar-refractivity contribution in [1.29, 1.82) is 0 Å². The SMILES string of the molecule is CC1CC2(CCCCC2)CCC(C(=O)Nc2cc(F)c(=O)n(CC(F)F)c2)SC1C#Cc1ccncc1. The predicted molar refractivity (Wildman–Crippen MR) is 140 cm³/mol. The fraction of sp³-hybridized carbons (Fsp3) is 0.536. The Kier molecular flexibility index (Phi) is 9.01. The number of amides is 1. The van der Waals surface area contributed by atoms with E-state index in [1.54, 1.807) is 12.4 Å². The highest BCUT2D eigenvalue weighted by atomic mass is 32.2. The number of anilines is 1. The first-order valence-electron chi connectivity index (χ1n) is 12.8. The molecule has 1 aliphatic carbocycles. The van der Waals surface area contributed by atoms with Crippen LogP contribution >= 0.6 is 11.8 Å². The molecule has 3 unspecified atom stereocenters. The molecule has 1 amide bonds.